The molecular formula is C23H21N3O2S. The zero-order chi connectivity index (χ0) is 20.5. The van der Waals surface area contributed by atoms with Crippen LogP contribution in [0.4, 0.5) is 5.69 Å². The molecule has 0 bridgehead atoms. The van der Waals surface area contributed by atoms with Crippen LogP contribution in [0.1, 0.15) is 24.1 Å². The number of rotatable bonds is 4. The second-order valence-corrected chi connectivity index (χ2v) is 7.92. The van der Waals surface area contributed by atoms with Crippen LogP contribution < -0.4 is 10.9 Å². The number of hydrogen-bond acceptors (Lipinski definition) is 4. The largest absolute Gasteiger partial charge is 0.324 e. The molecule has 0 aliphatic carbocycles. The van der Waals surface area contributed by atoms with E-state index in [9.17, 15) is 9.59 Å². The lowest BCUT2D eigenvalue weighted by molar-refractivity contribution is -0.118. The minimum absolute atomic E-state index is 0.210. The Balaban J connectivity index is 1.72. The zero-order valence-corrected chi connectivity index (χ0v) is 17.3. The minimum Gasteiger partial charge on any atom is -0.324 e. The van der Waals surface area contributed by atoms with Crippen molar-refractivity contribution in [3.8, 4) is 11.1 Å². The van der Waals surface area contributed by atoms with E-state index in [2.05, 4.69) is 10.3 Å². The molecule has 0 aliphatic heterocycles. The quantitative estimate of drug-likeness (QED) is 0.525. The molecule has 0 radical (unpaired) electrons. The number of nitrogens with one attached hydrogen (secondary N) is 1. The Labute approximate surface area is 172 Å². The first kappa shape index (κ1) is 19.1. The highest BCUT2D eigenvalue weighted by Gasteiger charge is 2.21. The van der Waals surface area contributed by atoms with E-state index in [1.807, 2.05) is 67.8 Å². The molecule has 1 atom stereocenters. The highest BCUT2D eigenvalue weighted by atomic mass is 32.1. The van der Waals surface area contributed by atoms with Crippen molar-refractivity contribution in [3.63, 3.8) is 0 Å². The van der Waals surface area contributed by atoms with Crippen molar-refractivity contribution < 1.29 is 4.79 Å². The smallest absolute Gasteiger partial charge is 0.263 e. The highest BCUT2D eigenvalue weighted by molar-refractivity contribution is 7.17. The topological polar surface area (TPSA) is 64.0 Å². The summed E-state index contributed by atoms with van der Waals surface area (Å²) in [4.78, 5) is 31.2. The van der Waals surface area contributed by atoms with Gasteiger partial charge in [0.05, 0.1) is 11.7 Å². The zero-order valence-electron chi connectivity index (χ0n) is 16.5. The predicted molar refractivity (Wildman–Crippen MR) is 119 cm³/mol. The summed E-state index contributed by atoms with van der Waals surface area (Å²) in [5.41, 5.74) is 4.46. The second kappa shape index (κ2) is 7.64. The SMILES string of the molecule is Cc1cccc(NC(=O)C(C)n2cnc3scc(-c4ccccc4)c3c2=O)c1C. The first-order chi connectivity index (χ1) is 14.0. The summed E-state index contributed by atoms with van der Waals surface area (Å²) in [7, 11) is 0. The van der Waals surface area contributed by atoms with Crippen LogP contribution in [0.25, 0.3) is 21.3 Å². The Hall–Kier alpha value is -3.25. The van der Waals surface area contributed by atoms with Gasteiger partial charge in [-0.3, -0.25) is 14.2 Å². The number of aromatic nitrogens is 2. The van der Waals surface area contributed by atoms with E-state index in [1.165, 1.54) is 22.2 Å². The van der Waals surface area contributed by atoms with Gasteiger partial charge < -0.3 is 5.32 Å². The lowest BCUT2D eigenvalue weighted by atomic mass is 10.1. The van der Waals surface area contributed by atoms with Gasteiger partial charge in [-0.2, -0.15) is 0 Å². The molecule has 0 saturated heterocycles. The predicted octanol–water partition coefficient (Wildman–Crippen LogP) is 4.94. The number of benzene rings is 2. The Kier molecular flexibility index (Phi) is 5.03. The van der Waals surface area contributed by atoms with Gasteiger partial charge in [0.15, 0.2) is 0 Å². The van der Waals surface area contributed by atoms with Crippen LogP contribution in [-0.2, 0) is 4.79 Å². The minimum atomic E-state index is -0.692. The van der Waals surface area contributed by atoms with E-state index >= 15 is 0 Å². The standard InChI is InChI=1S/C23H21N3O2S/c1-14-8-7-11-19(15(14)2)25-21(27)16(3)26-13-24-22-20(23(26)28)18(12-29-22)17-9-5-4-6-10-17/h4-13,16H,1-3H3,(H,25,27). The van der Waals surface area contributed by atoms with Crippen molar-refractivity contribution in [1.29, 1.82) is 0 Å². The van der Waals surface area contributed by atoms with Gasteiger partial charge >= 0.3 is 0 Å². The number of hydrogen-bond donors (Lipinski definition) is 1. The Morgan fingerprint density at radius 2 is 1.86 bits per heavy atom. The Morgan fingerprint density at radius 3 is 2.62 bits per heavy atom. The van der Waals surface area contributed by atoms with Crippen molar-refractivity contribution >= 4 is 33.1 Å². The molecule has 0 spiro atoms. The van der Waals surface area contributed by atoms with Gasteiger partial charge in [-0.15, -0.1) is 11.3 Å². The monoisotopic (exact) mass is 403 g/mol. The molecule has 5 nitrogen and oxygen atoms in total. The number of thiophene rings is 1. The van der Waals surface area contributed by atoms with Gasteiger partial charge in [0, 0.05) is 16.6 Å². The van der Waals surface area contributed by atoms with Crippen LogP contribution >= 0.6 is 11.3 Å². The fourth-order valence-electron chi connectivity index (χ4n) is 3.30. The van der Waals surface area contributed by atoms with Gasteiger partial charge in [0.1, 0.15) is 10.9 Å². The van der Waals surface area contributed by atoms with Crippen LogP contribution in [0.3, 0.4) is 0 Å². The molecule has 0 fully saturated rings. The maximum absolute atomic E-state index is 13.3. The summed E-state index contributed by atoms with van der Waals surface area (Å²) in [6.45, 7) is 5.68. The van der Waals surface area contributed by atoms with Crippen LogP contribution in [0.15, 0.2) is 65.0 Å². The third-order valence-corrected chi connectivity index (χ3v) is 6.15. The summed E-state index contributed by atoms with van der Waals surface area (Å²) >= 11 is 1.43. The number of aryl methyl sites for hydroxylation is 1. The molecule has 1 unspecified atom stereocenters. The first-order valence-corrected chi connectivity index (χ1v) is 10.3. The molecular weight excluding hydrogens is 382 g/mol. The summed E-state index contributed by atoms with van der Waals surface area (Å²) in [5, 5.41) is 5.44. The lowest BCUT2D eigenvalue weighted by Crippen LogP contribution is -2.32. The molecule has 146 valence electrons. The number of amides is 1. The molecule has 2 aromatic carbocycles. The number of carbonyl (C=O) groups is 1. The van der Waals surface area contributed by atoms with E-state index in [0.717, 1.165) is 27.9 Å². The van der Waals surface area contributed by atoms with Crippen LogP contribution in [-0.4, -0.2) is 15.5 Å². The van der Waals surface area contributed by atoms with Crippen molar-refractivity contribution in [2.45, 2.75) is 26.8 Å². The number of fused-ring (bicyclic) bond motifs is 1. The summed E-state index contributed by atoms with van der Waals surface area (Å²) in [5.74, 6) is -0.251. The molecule has 0 aliphatic rings. The van der Waals surface area contributed by atoms with Crippen LogP contribution in [0.2, 0.25) is 0 Å². The molecule has 2 heterocycles. The third-order valence-electron chi connectivity index (χ3n) is 5.26. The molecule has 0 saturated carbocycles. The second-order valence-electron chi connectivity index (χ2n) is 7.07. The van der Waals surface area contributed by atoms with Crippen molar-refractivity contribution in [3.05, 3.63) is 81.7 Å². The summed E-state index contributed by atoms with van der Waals surface area (Å²) in [6.07, 6.45) is 1.46. The van der Waals surface area contributed by atoms with Gasteiger partial charge in [0.2, 0.25) is 5.91 Å². The van der Waals surface area contributed by atoms with E-state index in [1.54, 1.807) is 6.92 Å². The summed E-state index contributed by atoms with van der Waals surface area (Å²) in [6, 6.07) is 14.8. The lowest BCUT2D eigenvalue weighted by Gasteiger charge is -2.16. The third kappa shape index (κ3) is 3.47. The number of nitrogens with zero attached hydrogens (tertiary/aromatic N) is 2. The molecule has 6 heteroatoms. The molecule has 4 rings (SSSR count). The van der Waals surface area contributed by atoms with Crippen molar-refractivity contribution in [2.75, 3.05) is 5.32 Å². The normalized spacial score (nSPS) is 12.1. The van der Waals surface area contributed by atoms with E-state index in [4.69, 9.17) is 0 Å². The maximum Gasteiger partial charge on any atom is 0.263 e. The van der Waals surface area contributed by atoms with Gasteiger partial charge in [-0.1, -0.05) is 42.5 Å². The van der Waals surface area contributed by atoms with Gasteiger partial charge in [0.25, 0.3) is 5.56 Å². The fourth-order valence-corrected chi connectivity index (χ4v) is 4.21. The fraction of sp³-hybridized carbons (Fsp3) is 0.174. The van der Waals surface area contributed by atoms with Crippen LogP contribution in [0.5, 0.6) is 0 Å². The van der Waals surface area contributed by atoms with E-state index in [-0.39, 0.29) is 11.5 Å². The van der Waals surface area contributed by atoms with Crippen molar-refractivity contribution in [1.82, 2.24) is 9.55 Å². The summed E-state index contributed by atoms with van der Waals surface area (Å²) < 4.78 is 1.40. The Bertz CT molecular complexity index is 1260. The number of anilines is 1. The first-order valence-electron chi connectivity index (χ1n) is 9.38. The molecule has 1 N–H and O–H groups in total. The molecule has 2 aromatic heterocycles. The van der Waals surface area contributed by atoms with Crippen molar-refractivity contribution in [2.24, 2.45) is 0 Å². The highest BCUT2D eigenvalue weighted by Crippen LogP contribution is 2.30. The average molecular weight is 404 g/mol. The Morgan fingerprint density at radius 1 is 1.10 bits per heavy atom. The van der Waals surface area contributed by atoms with E-state index < -0.39 is 6.04 Å². The van der Waals surface area contributed by atoms with Gasteiger partial charge in [-0.05, 0) is 43.5 Å². The number of carbonyl (C=O) groups excluding carboxylic acids is 1. The molecule has 1 amide bonds. The maximum atomic E-state index is 13.3. The van der Waals surface area contributed by atoms with E-state index in [0.29, 0.717) is 10.2 Å². The molecule has 4 aromatic rings. The van der Waals surface area contributed by atoms with Crippen LogP contribution in [0, 0.1) is 13.8 Å². The molecule has 29 heavy (non-hydrogen) atoms. The van der Waals surface area contributed by atoms with Gasteiger partial charge in [-0.25, -0.2) is 4.98 Å². The average Bonchev–Trinajstić information content (AvgIpc) is 3.17.